The Balaban J connectivity index is 1.95. The van der Waals surface area contributed by atoms with Crippen molar-refractivity contribution < 1.29 is 9.26 Å². The summed E-state index contributed by atoms with van der Waals surface area (Å²) >= 11 is 3.49. The van der Waals surface area contributed by atoms with Crippen LogP contribution in [0.4, 0.5) is 0 Å². The second-order valence-electron chi connectivity index (χ2n) is 4.45. The molecule has 2 N–H and O–H groups in total. The Hall–Kier alpha value is -1.40. The third-order valence-electron chi connectivity index (χ3n) is 2.76. The molecule has 0 atom stereocenters. The molecule has 108 valence electrons. The second-order valence-corrected chi connectivity index (χ2v) is 5.30. The molecular formula is C14H18BrN3O2. The van der Waals surface area contributed by atoms with Gasteiger partial charge in [0, 0.05) is 6.42 Å². The molecular weight excluding hydrogens is 322 g/mol. The topological polar surface area (TPSA) is 74.2 Å². The number of nitrogens with zero attached hydrogens (tertiary/aromatic N) is 2. The van der Waals surface area contributed by atoms with Crippen LogP contribution in [0, 0.1) is 0 Å². The molecule has 20 heavy (non-hydrogen) atoms. The van der Waals surface area contributed by atoms with Crippen LogP contribution in [0.3, 0.4) is 0 Å². The van der Waals surface area contributed by atoms with Gasteiger partial charge in [0.25, 0.3) is 5.89 Å². The molecule has 0 spiro atoms. The summed E-state index contributed by atoms with van der Waals surface area (Å²) in [5.74, 6) is 1.97. The van der Waals surface area contributed by atoms with Gasteiger partial charge in [-0.1, -0.05) is 18.1 Å². The minimum atomic E-state index is 0.269. The van der Waals surface area contributed by atoms with Gasteiger partial charge in [-0.05, 0) is 53.0 Å². The SMILES string of the molecule is CCCc1noc(COc2ccc(CCN)cc2Br)n1. The quantitative estimate of drug-likeness (QED) is 0.839. The summed E-state index contributed by atoms with van der Waals surface area (Å²) in [6.45, 7) is 2.98. The fraction of sp³-hybridized carbons (Fsp3) is 0.429. The number of nitrogens with two attached hydrogens (primary N) is 1. The summed E-state index contributed by atoms with van der Waals surface area (Å²) in [5.41, 5.74) is 6.71. The molecule has 0 fully saturated rings. The van der Waals surface area contributed by atoms with Gasteiger partial charge < -0.3 is 15.0 Å². The molecule has 1 aromatic carbocycles. The van der Waals surface area contributed by atoms with Crippen LogP contribution in [-0.2, 0) is 19.4 Å². The van der Waals surface area contributed by atoms with Gasteiger partial charge in [0.2, 0.25) is 0 Å². The summed E-state index contributed by atoms with van der Waals surface area (Å²) in [5, 5.41) is 3.89. The zero-order valence-electron chi connectivity index (χ0n) is 11.4. The third kappa shape index (κ3) is 4.05. The minimum absolute atomic E-state index is 0.269. The number of halogens is 1. The molecule has 0 unspecified atom stereocenters. The molecule has 2 aromatic rings. The Morgan fingerprint density at radius 3 is 2.90 bits per heavy atom. The molecule has 0 amide bonds. The lowest BCUT2D eigenvalue weighted by molar-refractivity contribution is 0.241. The van der Waals surface area contributed by atoms with Gasteiger partial charge in [0.15, 0.2) is 12.4 Å². The molecule has 0 saturated heterocycles. The molecule has 5 nitrogen and oxygen atoms in total. The largest absolute Gasteiger partial charge is 0.483 e. The fourth-order valence-corrected chi connectivity index (χ4v) is 2.34. The van der Waals surface area contributed by atoms with Crippen molar-refractivity contribution in [1.82, 2.24) is 10.1 Å². The third-order valence-corrected chi connectivity index (χ3v) is 3.38. The molecule has 0 aliphatic carbocycles. The molecule has 2 rings (SSSR count). The van der Waals surface area contributed by atoms with Gasteiger partial charge in [-0.15, -0.1) is 0 Å². The number of aryl methyl sites for hydroxylation is 1. The number of aromatic nitrogens is 2. The van der Waals surface area contributed by atoms with E-state index < -0.39 is 0 Å². The smallest absolute Gasteiger partial charge is 0.264 e. The Kier molecular flexibility index (Phi) is 5.55. The van der Waals surface area contributed by atoms with Gasteiger partial charge in [-0.2, -0.15) is 4.98 Å². The van der Waals surface area contributed by atoms with Crippen molar-refractivity contribution >= 4 is 15.9 Å². The molecule has 0 saturated carbocycles. The molecule has 0 radical (unpaired) electrons. The van der Waals surface area contributed by atoms with Crippen LogP contribution in [0.1, 0.15) is 30.6 Å². The zero-order chi connectivity index (χ0) is 14.4. The van der Waals surface area contributed by atoms with Crippen molar-refractivity contribution in [3.05, 3.63) is 40.0 Å². The minimum Gasteiger partial charge on any atom is -0.483 e. The highest BCUT2D eigenvalue weighted by atomic mass is 79.9. The Labute approximate surface area is 126 Å². The average molecular weight is 340 g/mol. The normalized spacial score (nSPS) is 10.8. The van der Waals surface area contributed by atoms with Crippen LogP contribution in [0.5, 0.6) is 5.75 Å². The van der Waals surface area contributed by atoms with Crippen molar-refractivity contribution in [3.63, 3.8) is 0 Å². The zero-order valence-corrected chi connectivity index (χ0v) is 13.0. The molecule has 0 aliphatic rings. The predicted octanol–water partition coefficient (Wildman–Crippen LogP) is 2.86. The number of rotatable bonds is 7. The summed E-state index contributed by atoms with van der Waals surface area (Å²) in [7, 11) is 0. The maximum atomic E-state index is 5.67. The van der Waals surface area contributed by atoms with Gasteiger partial charge in [0.1, 0.15) is 5.75 Å². The monoisotopic (exact) mass is 339 g/mol. The van der Waals surface area contributed by atoms with E-state index in [0.717, 1.165) is 35.3 Å². The summed E-state index contributed by atoms with van der Waals surface area (Å²) in [4.78, 5) is 4.26. The highest BCUT2D eigenvalue weighted by Crippen LogP contribution is 2.26. The van der Waals surface area contributed by atoms with E-state index in [2.05, 4.69) is 33.0 Å². The van der Waals surface area contributed by atoms with E-state index in [-0.39, 0.29) is 6.61 Å². The predicted molar refractivity (Wildman–Crippen MR) is 79.5 cm³/mol. The maximum Gasteiger partial charge on any atom is 0.264 e. The van der Waals surface area contributed by atoms with Crippen LogP contribution >= 0.6 is 15.9 Å². The number of ether oxygens (including phenoxy) is 1. The first-order valence-corrected chi connectivity index (χ1v) is 7.45. The Morgan fingerprint density at radius 1 is 1.35 bits per heavy atom. The highest BCUT2D eigenvalue weighted by Gasteiger charge is 2.08. The van der Waals surface area contributed by atoms with Crippen molar-refractivity contribution in [2.24, 2.45) is 5.73 Å². The van der Waals surface area contributed by atoms with E-state index in [9.17, 15) is 0 Å². The van der Waals surface area contributed by atoms with Crippen LogP contribution in [0.15, 0.2) is 27.2 Å². The van der Waals surface area contributed by atoms with Gasteiger partial charge in [-0.25, -0.2) is 0 Å². The Bertz CT molecular complexity index is 557. The second kappa shape index (κ2) is 7.40. The molecule has 0 bridgehead atoms. The number of benzene rings is 1. The average Bonchev–Trinajstić information content (AvgIpc) is 2.86. The van der Waals surface area contributed by atoms with Gasteiger partial charge >= 0.3 is 0 Å². The van der Waals surface area contributed by atoms with Crippen LogP contribution in [-0.4, -0.2) is 16.7 Å². The van der Waals surface area contributed by atoms with E-state index in [0.29, 0.717) is 12.4 Å². The van der Waals surface area contributed by atoms with Gasteiger partial charge in [0.05, 0.1) is 4.47 Å². The van der Waals surface area contributed by atoms with Crippen molar-refractivity contribution in [2.75, 3.05) is 6.54 Å². The molecule has 1 aromatic heterocycles. The lowest BCUT2D eigenvalue weighted by Crippen LogP contribution is -2.03. The summed E-state index contributed by atoms with van der Waals surface area (Å²) in [6, 6.07) is 5.93. The number of hydrogen-bond donors (Lipinski definition) is 1. The first kappa shape index (κ1) is 15.0. The first-order valence-electron chi connectivity index (χ1n) is 6.65. The summed E-state index contributed by atoms with van der Waals surface area (Å²) in [6.07, 6.45) is 2.66. The van der Waals surface area contributed by atoms with Crippen molar-refractivity contribution in [1.29, 1.82) is 0 Å². The lowest BCUT2D eigenvalue weighted by Gasteiger charge is -2.07. The van der Waals surface area contributed by atoms with Crippen molar-refractivity contribution in [3.8, 4) is 5.75 Å². The molecule has 1 heterocycles. The number of hydrogen-bond acceptors (Lipinski definition) is 5. The highest BCUT2D eigenvalue weighted by molar-refractivity contribution is 9.10. The van der Waals surface area contributed by atoms with E-state index in [4.69, 9.17) is 15.0 Å². The van der Waals surface area contributed by atoms with E-state index in [1.54, 1.807) is 0 Å². The summed E-state index contributed by atoms with van der Waals surface area (Å²) < 4.78 is 11.7. The van der Waals surface area contributed by atoms with E-state index in [1.165, 1.54) is 5.56 Å². The maximum absolute atomic E-state index is 5.67. The first-order chi connectivity index (χ1) is 9.72. The standard InChI is InChI=1S/C14H18BrN3O2/c1-2-3-13-17-14(20-18-13)9-19-12-5-4-10(6-7-16)8-11(12)15/h4-5,8H,2-3,6-7,9,16H2,1H3. The van der Waals surface area contributed by atoms with Gasteiger partial charge in [-0.3, -0.25) is 0 Å². The Morgan fingerprint density at radius 2 is 2.20 bits per heavy atom. The van der Waals surface area contributed by atoms with Crippen LogP contribution < -0.4 is 10.5 Å². The molecule has 6 heteroatoms. The van der Waals surface area contributed by atoms with E-state index in [1.807, 2.05) is 18.2 Å². The van der Waals surface area contributed by atoms with Crippen molar-refractivity contribution in [2.45, 2.75) is 32.8 Å². The fourth-order valence-electron chi connectivity index (χ4n) is 1.80. The lowest BCUT2D eigenvalue weighted by atomic mass is 10.1. The van der Waals surface area contributed by atoms with Crippen LogP contribution in [0.2, 0.25) is 0 Å². The van der Waals surface area contributed by atoms with E-state index >= 15 is 0 Å². The van der Waals surface area contributed by atoms with Crippen LogP contribution in [0.25, 0.3) is 0 Å². The molecule has 0 aliphatic heterocycles.